The van der Waals surface area contributed by atoms with Crippen molar-refractivity contribution in [2.45, 2.75) is 25.4 Å². The molecule has 0 aromatic rings. The number of nitrogens with two attached hydrogens (primary N) is 1. The van der Waals surface area contributed by atoms with Crippen LogP contribution in [0.3, 0.4) is 0 Å². The number of ether oxygens (including phenoxy) is 2. The third-order valence-corrected chi connectivity index (χ3v) is 2.50. The molecule has 0 fully saturated rings. The SMILES string of the molecule is C=CCC(N)C(=O)N(CCOC)C(C)COC. The third-order valence-electron chi connectivity index (χ3n) is 2.50. The van der Waals surface area contributed by atoms with Crippen molar-refractivity contribution in [2.75, 3.05) is 34.0 Å². The minimum atomic E-state index is -0.538. The Morgan fingerprint density at radius 3 is 2.59 bits per heavy atom. The van der Waals surface area contributed by atoms with Crippen LogP contribution in [0.1, 0.15) is 13.3 Å². The van der Waals surface area contributed by atoms with Crippen molar-refractivity contribution in [1.82, 2.24) is 4.90 Å². The lowest BCUT2D eigenvalue weighted by atomic mass is 10.1. The van der Waals surface area contributed by atoms with E-state index in [1.54, 1.807) is 25.2 Å². The van der Waals surface area contributed by atoms with Crippen molar-refractivity contribution in [3.8, 4) is 0 Å². The summed E-state index contributed by atoms with van der Waals surface area (Å²) < 4.78 is 10.1. The molecule has 0 aliphatic rings. The molecule has 0 heterocycles. The summed E-state index contributed by atoms with van der Waals surface area (Å²) in [5, 5.41) is 0. The number of carbonyl (C=O) groups excluding carboxylic acids is 1. The highest BCUT2D eigenvalue weighted by atomic mass is 16.5. The average Bonchev–Trinajstić information content (AvgIpc) is 2.30. The standard InChI is InChI=1S/C12H24N2O3/c1-5-6-11(13)12(15)14(7-8-16-3)10(2)9-17-4/h5,10-11H,1,6-9,13H2,2-4H3. The summed E-state index contributed by atoms with van der Waals surface area (Å²) in [6, 6.07) is -0.554. The normalized spacial score (nSPS) is 14.1. The molecular formula is C12H24N2O3. The molecule has 0 saturated heterocycles. The Labute approximate surface area is 104 Å². The minimum absolute atomic E-state index is 0.0153. The molecular weight excluding hydrogens is 220 g/mol. The second kappa shape index (κ2) is 9.15. The van der Waals surface area contributed by atoms with Crippen molar-refractivity contribution in [1.29, 1.82) is 0 Å². The lowest BCUT2D eigenvalue weighted by Gasteiger charge is -2.30. The van der Waals surface area contributed by atoms with Gasteiger partial charge in [0.15, 0.2) is 0 Å². The zero-order valence-electron chi connectivity index (χ0n) is 11.0. The van der Waals surface area contributed by atoms with Gasteiger partial charge < -0.3 is 20.1 Å². The van der Waals surface area contributed by atoms with Crippen molar-refractivity contribution >= 4 is 5.91 Å². The van der Waals surface area contributed by atoms with Crippen LogP contribution in [-0.4, -0.2) is 56.9 Å². The van der Waals surface area contributed by atoms with Crippen molar-refractivity contribution in [3.63, 3.8) is 0 Å². The summed E-state index contributed by atoms with van der Waals surface area (Å²) in [6.45, 7) is 7.00. The van der Waals surface area contributed by atoms with Gasteiger partial charge in [-0.25, -0.2) is 0 Å². The lowest BCUT2D eigenvalue weighted by Crippen LogP contribution is -2.50. The van der Waals surface area contributed by atoms with Gasteiger partial charge in [0.2, 0.25) is 5.91 Å². The first-order chi connectivity index (χ1) is 8.08. The Balaban J connectivity index is 4.53. The van der Waals surface area contributed by atoms with E-state index in [4.69, 9.17) is 15.2 Å². The van der Waals surface area contributed by atoms with Gasteiger partial charge in [0.05, 0.1) is 25.3 Å². The largest absolute Gasteiger partial charge is 0.383 e. The van der Waals surface area contributed by atoms with Crippen LogP contribution in [0.2, 0.25) is 0 Å². The van der Waals surface area contributed by atoms with Crippen LogP contribution in [0.25, 0.3) is 0 Å². The maximum absolute atomic E-state index is 12.1. The Morgan fingerprint density at radius 1 is 1.47 bits per heavy atom. The van der Waals surface area contributed by atoms with Gasteiger partial charge in [0.1, 0.15) is 0 Å². The third kappa shape index (κ3) is 5.81. The van der Waals surface area contributed by atoms with Crippen LogP contribution in [0.15, 0.2) is 12.7 Å². The molecule has 2 atom stereocenters. The fourth-order valence-corrected chi connectivity index (χ4v) is 1.56. The van der Waals surface area contributed by atoms with Gasteiger partial charge in [-0.1, -0.05) is 6.08 Å². The number of rotatable bonds is 9. The van der Waals surface area contributed by atoms with E-state index in [2.05, 4.69) is 6.58 Å². The van der Waals surface area contributed by atoms with Crippen LogP contribution in [0.5, 0.6) is 0 Å². The smallest absolute Gasteiger partial charge is 0.240 e. The summed E-state index contributed by atoms with van der Waals surface area (Å²) in [7, 11) is 3.21. The molecule has 5 heteroatoms. The highest BCUT2D eigenvalue weighted by Crippen LogP contribution is 2.05. The van der Waals surface area contributed by atoms with Gasteiger partial charge in [0, 0.05) is 20.8 Å². The van der Waals surface area contributed by atoms with Gasteiger partial charge in [-0.05, 0) is 13.3 Å². The number of hydrogen-bond acceptors (Lipinski definition) is 4. The molecule has 2 unspecified atom stereocenters. The Kier molecular flexibility index (Phi) is 8.66. The quantitative estimate of drug-likeness (QED) is 0.596. The first kappa shape index (κ1) is 16.1. The van der Waals surface area contributed by atoms with E-state index in [9.17, 15) is 4.79 Å². The van der Waals surface area contributed by atoms with Gasteiger partial charge >= 0.3 is 0 Å². The second-order valence-corrected chi connectivity index (χ2v) is 3.96. The molecule has 0 spiro atoms. The maximum atomic E-state index is 12.1. The van der Waals surface area contributed by atoms with E-state index in [1.807, 2.05) is 6.92 Å². The summed E-state index contributed by atoms with van der Waals surface area (Å²) >= 11 is 0. The predicted molar refractivity (Wildman–Crippen MR) is 67.7 cm³/mol. The fraction of sp³-hybridized carbons (Fsp3) is 0.750. The molecule has 100 valence electrons. The first-order valence-electron chi connectivity index (χ1n) is 5.73. The Bertz CT molecular complexity index is 234. The number of carbonyl (C=O) groups is 1. The first-order valence-corrected chi connectivity index (χ1v) is 5.73. The molecule has 2 N–H and O–H groups in total. The van der Waals surface area contributed by atoms with Gasteiger partial charge in [0.25, 0.3) is 0 Å². The topological polar surface area (TPSA) is 64.8 Å². The zero-order valence-corrected chi connectivity index (χ0v) is 11.0. The summed E-state index contributed by atoms with van der Waals surface area (Å²) in [4.78, 5) is 13.8. The molecule has 0 aliphatic carbocycles. The van der Waals surface area contributed by atoms with E-state index in [0.717, 1.165) is 0 Å². The molecule has 17 heavy (non-hydrogen) atoms. The van der Waals surface area contributed by atoms with Gasteiger partial charge in [-0.2, -0.15) is 0 Å². The van der Waals surface area contributed by atoms with Crippen LogP contribution in [0.4, 0.5) is 0 Å². The highest BCUT2D eigenvalue weighted by Gasteiger charge is 2.24. The summed E-state index contributed by atoms with van der Waals surface area (Å²) in [6.07, 6.45) is 2.13. The van der Waals surface area contributed by atoms with E-state index in [-0.39, 0.29) is 11.9 Å². The summed E-state index contributed by atoms with van der Waals surface area (Å²) in [5.74, 6) is -0.0912. The second-order valence-electron chi connectivity index (χ2n) is 3.96. The van der Waals surface area contributed by atoms with Gasteiger partial charge in [-0.15, -0.1) is 6.58 Å². The monoisotopic (exact) mass is 244 g/mol. The van der Waals surface area contributed by atoms with Crippen LogP contribution >= 0.6 is 0 Å². The van der Waals surface area contributed by atoms with Crippen LogP contribution in [0, 0.1) is 0 Å². The number of amides is 1. The van der Waals surface area contributed by atoms with Crippen LogP contribution < -0.4 is 5.73 Å². The van der Waals surface area contributed by atoms with E-state index >= 15 is 0 Å². The Hall–Kier alpha value is -0.910. The molecule has 0 aromatic heterocycles. The highest BCUT2D eigenvalue weighted by molar-refractivity contribution is 5.82. The van der Waals surface area contributed by atoms with Crippen LogP contribution in [-0.2, 0) is 14.3 Å². The number of methoxy groups -OCH3 is 2. The maximum Gasteiger partial charge on any atom is 0.240 e. The lowest BCUT2D eigenvalue weighted by molar-refractivity contribution is -0.136. The molecule has 5 nitrogen and oxygen atoms in total. The molecule has 0 aromatic carbocycles. The summed E-state index contributed by atoms with van der Waals surface area (Å²) in [5.41, 5.74) is 5.79. The molecule has 0 saturated carbocycles. The average molecular weight is 244 g/mol. The molecule has 0 rings (SSSR count). The van der Waals surface area contributed by atoms with Crippen molar-refractivity contribution in [3.05, 3.63) is 12.7 Å². The fourth-order valence-electron chi connectivity index (χ4n) is 1.56. The molecule has 1 amide bonds. The molecule has 0 aliphatic heterocycles. The van der Waals surface area contributed by atoms with Crippen molar-refractivity contribution in [2.24, 2.45) is 5.73 Å². The molecule has 0 bridgehead atoms. The zero-order chi connectivity index (χ0) is 13.3. The number of nitrogens with zero attached hydrogens (tertiary/aromatic N) is 1. The van der Waals surface area contributed by atoms with E-state index < -0.39 is 6.04 Å². The number of hydrogen-bond donors (Lipinski definition) is 1. The van der Waals surface area contributed by atoms with E-state index in [1.165, 1.54) is 0 Å². The predicted octanol–water partition coefficient (Wildman–Crippen LogP) is 0.400. The van der Waals surface area contributed by atoms with E-state index in [0.29, 0.717) is 26.2 Å². The van der Waals surface area contributed by atoms with Crippen molar-refractivity contribution < 1.29 is 14.3 Å². The van der Waals surface area contributed by atoms with Gasteiger partial charge in [-0.3, -0.25) is 4.79 Å². The minimum Gasteiger partial charge on any atom is -0.383 e. The Morgan fingerprint density at radius 2 is 2.12 bits per heavy atom. The molecule has 0 radical (unpaired) electrons.